The third-order valence-corrected chi connectivity index (χ3v) is 3.39. The topological polar surface area (TPSA) is 88.6 Å². The number of furan rings is 1. The molecule has 1 heterocycles. The second kappa shape index (κ2) is 7.98. The Bertz CT molecular complexity index is 654. The summed E-state index contributed by atoms with van der Waals surface area (Å²) in [4.78, 5) is 23.9. The number of hydrogen-bond acceptors (Lipinski definition) is 5. The van der Waals surface area contributed by atoms with Gasteiger partial charge in [-0.1, -0.05) is 18.2 Å². The molecule has 0 saturated heterocycles. The first-order chi connectivity index (χ1) is 11.1. The van der Waals surface area contributed by atoms with E-state index in [1.807, 2.05) is 30.3 Å². The maximum Gasteiger partial charge on any atom is 0.433 e. The third-order valence-electron chi connectivity index (χ3n) is 3.39. The molecular weight excluding hydrogens is 298 g/mol. The number of para-hydroxylation sites is 1. The number of carbonyl (C=O) groups is 1. The van der Waals surface area contributed by atoms with Crippen LogP contribution in [0, 0.1) is 10.1 Å². The molecule has 7 nitrogen and oxygen atoms in total. The molecule has 0 bridgehead atoms. The van der Waals surface area contributed by atoms with Gasteiger partial charge in [-0.15, -0.1) is 0 Å². The molecule has 1 aromatic carbocycles. The lowest BCUT2D eigenvalue weighted by Gasteiger charge is -2.23. The standard InChI is InChI=1S/C16H19N3O4/c1-2-18(13-7-4-3-5-8-13)12-6-11-17-16(20)14-9-10-15(23-14)19(21)22/h3-5,7-10H,2,6,11-12H2,1H3,(H,17,20). The number of rotatable bonds is 8. The fraction of sp³-hybridized carbons (Fsp3) is 0.312. The fourth-order valence-electron chi connectivity index (χ4n) is 2.22. The molecule has 0 radical (unpaired) electrons. The Hall–Kier alpha value is -2.83. The van der Waals surface area contributed by atoms with Crippen molar-refractivity contribution in [2.45, 2.75) is 13.3 Å². The first-order valence-electron chi connectivity index (χ1n) is 7.44. The van der Waals surface area contributed by atoms with Gasteiger partial charge in [0.25, 0.3) is 5.91 Å². The van der Waals surface area contributed by atoms with Crippen LogP contribution in [0.1, 0.15) is 23.9 Å². The second-order valence-corrected chi connectivity index (χ2v) is 4.92. The Morgan fingerprint density at radius 2 is 2.00 bits per heavy atom. The van der Waals surface area contributed by atoms with Gasteiger partial charge in [-0.3, -0.25) is 14.9 Å². The lowest BCUT2D eigenvalue weighted by molar-refractivity contribution is -0.402. The highest BCUT2D eigenvalue weighted by atomic mass is 16.6. The molecule has 0 saturated carbocycles. The Morgan fingerprint density at radius 1 is 1.26 bits per heavy atom. The van der Waals surface area contributed by atoms with Crippen molar-refractivity contribution in [1.82, 2.24) is 5.32 Å². The Morgan fingerprint density at radius 3 is 2.61 bits per heavy atom. The van der Waals surface area contributed by atoms with Crippen LogP contribution < -0.4 is 10.2 Å². The number of carbonyl (C=O) groups excluding carboxylic acids is 1. The number of benzene rings is 1. The van der Waals surface area contributed by atoms with Gasteiger partial charge < -0.3 is 14.6 Å². The maximum atomic E-state index is 11.8. The summed E-state index contributed by atoms with van der Waals surface area (Å²) in [5.74, 6) is -0.927. The van der Waals surface area contributed by atoms with Crippen LogP contribution in [0.25, 0.3) is 0 Å². The summed E-state index contributed by atoms with van der Waals surface area (Å²) in [5, 5.41) is 13.2. The number of amides is 1. The molecule has 0 aliphatic carbocycles. The van der Waals surface area contributed by atoms with Crippen molar-refractivity contribution >= 4 is 17.5 Å². The quantitative estimate of drug-likeness (QED) is 0.459. The van der Waals surface area contributed by atoms with Crippen LogP contribution >= 0.6 is 0 Å². The van der Waals surface area contributed by atoms with Crippen molar-refractivity contribution in [2.24, 2.45) is 0 Å². The SMILES string of the molecule is CCN(CCCNC(=O)c1ccc([N+](=O)[O-])o1)c1ccccc1. The van der Waals surface area contributed by atoms with Gasteiger partial charge in [-0.2, -0.15) is 0 Å². The lowest BCUT2D eigenvalue weighted by Crippen LogP contribution is -2.29. The predicted octanol–water partition coefficient (Wildman–Crippen LogP) is 2.83. The van der Waals surface area contributed by atoms with E-state index in [4.69, 9.17) is 4.42 Å². The van der Waals surface area contributed by atoms with Crippen LogP contribution in [0.15, 0.2) is 46.9 Å². The third kappa shape index (κ3) is 4.57. The summed E-state index contributed by atoms with van der Waals surface area (Å²) >= 11 is 0. The molecule has 0 atom stereocenters. The molecule has 0 aliphatic rings. The largest absolute Gasteiger partial charge is 0.433 e. The van der Waals surface area contributed by atoms with E-state index in [0.717, 1.165) is 25.2 Å². The van der Waals surface area contributed by atoms with Gasteiger partial charge >= 0.3 is 5.88 Å². The molecule has 1 aromatic heterocycles. The average molecular weight is 317 g/mol. The molecule has 0 unspecified atom stereocenters. The van der Waals surface area contributed by atoms with Gasteiger partial charge in [-0.05, 0) is 31.5 Å². The molecule has 0 spiro atoms. The van der Waals surface area contributed by atoms with E-state index >= 15 is 0 Å². The predicted molar refractivity (Wildman–Crippen MR) is 86.6 cm³/mol. The molecule has 1 N–H and O–H groups in total. The smallest absolute Gasteiger partial charge is 0.395 e. The van der Waals surface area contributed by atoms with Gasteiger partial charge in [0.2, 0.25) is 0 Å². The first kappa shape index (κ1) is 16.5. The Balaban J connectivity index is 1.77. The zero-order chi connectivity index (χ0) is 16.7. The van der Waals surface area contributed by atoms with Crippen LogP contribution in [0.4, 0.5) is 11.6 Å². The van der Waals surface area contributed by atoms with Gasteiger partial charge in [0.05, 0.1) is 6.07 Å². The summed E-state index contributed by atoms with van der Waals surface area (Å²) < 4.78 is 4.85. The van der Waals surface area contributed by atoms with Crippen molar-refractivity contribution in [1.29, 1.82) is 0 Å². The highest BCUT2D eigenvalue weighted by Crippen LogP contribution is 2.15. The number of nitrogens with one attached hydrogen (secondary N) is 1. The maximum absolute atomic E-state index is 11.8. The highest BCUT2D eigenvalue weighted by molar-refractivity contribution is 5.91. The average Bonchev–Trinajstić information content (AvgIpc) is 3.06. The fourth-order valence-corrected chi connectivity index (χ4v) is 2.22. The van der Waals surface area contributed by atoms with Crippen LogP contribution in [-0.4, -0.2) is 30.5 Å². The van der Waals surface area contributed by atoms with Crippen molar-refractivity contribution in [3.63, 3.8) is 0 Å². The van der Waals surface area contributed by atoms with Gasteiger partial charge in [-0.25, -0.2) is 0 Å². The molecule has 2 aromatic rings. The number of nitro groups is 1. The van der Waals surface area contributed by atoms with Gasteiger partial charge in [0, 0.05) is 25.3 Å². The van der Waals surface area contributed by atoms with Crippen molar-refractivity contribution in [3.05, 3.63) is 58.3 Å². The van der Waals surface area contributed by atoms with Crippen molar-refractivity contribution in [2.75, 3.05) is 24.5 Å². The van der Waals surface area contributed by atoms with E-state index in [9.17, 15) is 14.9 Å². The van der Waals surface area contributed by atoms with E-state index in [0.29, 0.717) is 6.54 Å². The van der Waals surface area contributed by atoms with Crippen LogP contribution in [0.2, 0.25) is 0 Å². The molecule has 1 amide bonds. The van der Waals surface area contributed by atoms with Crippen LogP contribution in [-0.2, 0) is 0 Å². The first-order valence-corrected chi connectivity index (χ1v) is 7.44. The van der Waals surface area contributed by atoms with Crippen molar-refractivity contribution < 1.29 is 14.1 Å². The zero-order valence-corrected chi connectivity index (χ0v) is 12.9. The number of nitrogens with zero attached hydrogens (tertiary/aromatic N) is 2. The summed E-state index contributed by atoms with van der Waals surface area (Å²) in [7, 11) is 0. The minimum atomic E-state index is -0.671. The second-order valence-electron chi connectivity index (χ2n) is 4.92. The minimum absolute atomic E-state index is 0.0490. The van der Waals surface area contributed by atoms with E-state index in [1.54, 1.807) is 0 Å². The lowest BCUT2D eigenvalue weighted by atomic mass is 10.2. The van der Waals surface area contributed by atoms with Gasteiger partial charge in [0.15, 0.2) is 5.76 Å². The molecule has 122 valence electrons. The van der Waals surface area contributed by atoms with E-state index in [1.165, 1.54) is 12.1 Å². The van der Waals surface area contributed by atoms with E-state index in [2.05, 4.69) is 17.1 Å². The minimum Gasteiger partial charge on any atom is -0.395 e. The van der Waals surface area contributed by atoms with Crippen LogP contribution in [0.5, 0.6) is 0 Å². The van der Waals surface area contributed by atoms with Gasteiger partial charge in [0.1, 0.15) is 4.92 Å². The molecule has 2 rings (SSSR count). The molecule has 23 heavy (non-hydrogen) atoms. The molecular formula is C16H19N3O4. The summed E-state index contributed by atoms with van der Waals surface area (Å²) in [6, 6.07) is 12.5. The van der Waals surface area contributed by atoms with E-state index in [-0.39, 0.29) is 5.76 Å². The molecule has 7 heteroatoms. The van der Waals surface area contributed by atoms with Crippen LogP contribution in [0.3, 0.4) is 0 Å². The Kier molecular flexibility index (Phi) is 5.74. The summed E-state index contributed by atoms with van der Waals surface area (Å²) in [6.07, 6.45) is 0.761. The Labute approximate surface area is 134 Å². The molecule has 0 fully saturated rings. The number of anilines is 1. The normalized spacial score (nSPS) is 10.3. The summed E-state index contributed by atoms with van der Waals surface area (Å²) in [5.41, 5.74) is 1.14. The highest BCUT2D eigenvalue weighted by Gasteiger charge is 2.16. The molecule has 0 aliphatic heterocycles. The zero-order valence-electron chi connectivity index (χ0n) is 12.9. The van der Waals surface area contributed by atoms with E-state index < -0.39 is 16.7 Å². The monoisotopic (exact) mass is 317 g/mol. The van der Waals surface area contributed by atoms with Crippen molar-refractivity contribution in [3.8, 4) is 0 Å². The summed E-state index contributed by atoms with van der Waals surface area (Å²) in [6.45, 7) is 4.23. The number of hydrogen-bond donors (Lipinski definition) is 1.